The van der Waals surface area contributed by atoms with E-state index >= 15 is 0 Å². The molecule has 8 heteroatoms. The van der Waals surface area contributed by atoms with Gasteiger partial charge in [-0.2, -0.15) is 0 Å². The summed E-state index contributed by atoms with van der Waals surface area (Å²) in [5.41, 5.74) is 7.84. The van der Waals surface area contributed by atoms with Crippen molar-refractivity contribution in [1.29, 1.82) is 0 Å². The van der Waals surface area contributed by atoms with Gasteiger partial charge in [-0.1, -0.05) is 45.0 Å². The van der Waals surface area contributed by atoms with Crippen molar-refractivity contribution in [3.8, 4) is 22.6 Å². The lowest BCUT2D eigenvalue weighted by atomic mass is 10.1. The molecular weight excluding hydrogens is 470 g/mol. The van der Waals surface area contributed by atoms with Crippen molar-refractivity contribution in [1.82, 2.24) is 9.55 Å². The quantitative estimate of drug-likeness (QED) is 0.242. The average molecular weight is 510 g/mol. The van der Waals surface area contributed by atoms with Crippen LogP contribution >= 0.6 is 0 Å². The highest BCUT2D eigenvalue weighted by molar-refractivity contribution is 6.74. The summed E-state index contributed by atoms with van der Waals surface area (Å²) in [7, 11) is -0.322. The number of carbonyl (C=O) groups excluding carboxylic acids is 1. The number of ether oxygens (including phenoxy) is 2. The second-order valence-electron chi connectivity index (χ2n) is 10.6. The third kappa shape index (κ3) is 7.45. The molecule has 1 amide bonds. The molecule has 0 fully saturated rings. The molecule has 0 saturated carbocycles. The molecule has 36 heavy (non-hydrogen) atoms. The lowest BCUT2D eigenvalue weighted by Crippen LogP contribution is -2.45. The number of benzene rings is 2. The van der Waals surface area contributed by atoms with Crippen molar-refractivity contribution in [3.63, 3.8) is 0 Å². The number of amides is 1. The Hall–Kier alpha value is -3.10. The predicted molar refractivity (Wildman–Crippen MR) is 146 cm³/mol. The molecule has 0 aliphatic heterocycles. The van der Waals surface area contributed by atoms with Crippen LogP contribution in [0.4, 0.5) is 0 Å². The van der Waals surface area contributed by atoms with Crippen LogP contribution in [0.25, 0.3) is 11.1 Å². The van der Waals surface area contributed by atoms with E-state index in [-0.39, 0.29) is 16.8 Å². The molecule has 3 aromatic rings. The Labute approximate surface area is 215 Å². The van der Waals surface area contributed by atoms with Crippen molar-refractivity contribution in [2.45, 2.75) is 64.4 Å². The molecule has 0 bridgehead atoms. The Balaban J connectivity index is 1.61. The molecule has 1 heterocycles. The highest BCUT2D eigenvalue weighted by atomic mass is 28.4. The molecule has 0 saturated heterocycles. The molecule has 194 valence electrons. The van der Waals surface area contributed by atoms with E-state index in [2.05, 4.69) is 51.0 Å². The first-order chi connectivity index (χ1) is 17.0. The Morgan fingerprint density at radius 1 is 1.08 bits per heavy atom. The maximum absolute atomic E-state index is 11.4. The van der Waals surface area contributed by atoms with Gasteiger partial charge in [0.05, 0.1) is 26.1 Å². The lowest BCUT2D eigenvalue weighted by molar-refractivity contribution is 0.0995. The molecule has 3 rings (SSSR count). The topological polar surface area (TPSA) is 88.6 Å². The fraction of sp³-hybridized carbons (Fsp3) is 0.429. The smallest absolute Gasteiger partial charge is 0.268 e. The third-order valence-electron chi connectivity index (χ3n) is 6.76. The number of carbonyl (C=O) groups is 1. The molecule has 2 N–H and O–H groups in total. The van der Waals surface area contributed by atoms with Crippen molar-refractivity contribution in [3.05, 3.63) is 66.7 Å². The van der Waals surface area contributed by atoms with Crippen LogP contribution in [0.5, 0.6) is 11.5 Å². The summed E-state index contributed by atoms with van der Waals surface area (Å²) in [6.45, 7) is 12.4. The molecule has 0 unspecified atom stereocenters. The lowest BCUT2D eigenvalue weighted by Gasteiger charge is -2.39. The van der Waals surface area contributed by atoms with Crippen LogP contribution in [0, 0.1) is 0 Å². The van der Waals surface area contributed by atoms with Gasteiger partial charge in [0.25, 0.3) is 5.91 Å². The van der Waals surface area contributed by atoms with Crippen LogP contribution in [0.1, 0.15) is 44.1 Å². The van der Waals surface area contributed by atoms with Gasteiger partial charge in [0.1, 0.15) is 17.2 Å². The van der Waals surface area contributed by atoms with Gasteiger partial charge in [-0.15, -0.1) is 0 Å². The molecule has 1 aromatic heterocycles. The van der Waals surface area contributed by atoms with Gasteiger partial charge in [-0.3, -0.25) is 4.79 Å². The van der Waals surface area contributed by atoms with Gasteiger partial charge >= 0.3 is 0 Å². The molecular formula is C28H39N3O4Si. The van der Waals surface area contributed by atoms with E-state index in [4.69, 9.17) is 19.6 Å². The van der Waals surface area contributed by atoms with Crippen molar-refractivity contribution in [2.75, 3.05) is 13.7 Å². The first-order valence-corrected chi connectivity index (χ1v) is 15.3. The molecule has 2 aromatic carbocycles. The number of imidazole rings is 1. The molecule has 0 aliphatic rings. The van der Waals surface area contributed by atoms with E-state index in [1.165, 1.54) is 0 Å². The van der Waals surface area contributed by atoms with E-state index < -0.39 is 14.2 Å². The van der Waals surface area contributed by atoms with Crippen LogP contribution in [0.15, 0.2) is 61.1 Å². The van der Waals surface area contributed by atoms with E-state index in [9.17, 15) is 4.79 Å². The number of nitrogens with zero attached hydrogens (tertiary/aromatic N) is 2. The summed E-state index contributed by atoms with van der Waals surface area (Å²) in [5.74, 6) is 1.15. The zero-order chi connectivity index (χ0) is 26.3. The normalized spacial score (nSPS) is 12.8. The van der Waals surface area contributed by atoms with Crippen molar-refractivity contribution < 1.29 is 18.7 Å². The predicted octanol–water partition coefficient (Wildman–Crippen LogP) is 5.91. The number of hydrogen-bond donors (Lipinski definition) is 1. The Morgan fingerprint density at radius 2 is 1.81 bits per heavy atom. The molecule has 7 nitrogen and oxygen atoms in total. The fourth-order valence-electron chi connectivity index (χ4n) is 3.65. The summed E-state index contributed by atoms with van der Waals surface area (Å²) in [6.07, 6.45) is 4.97. The summed E-state index contributed by atoms with van der Waals surface area (Å²) >= 11 is 0. The van der Waals surface area contributed by atoms with Gasteiger partial charge < -0.3 is 24.2 Å². The van der Waals surface area contributed by atoms with E-state index in [0.717, 1.165) is 35.5 Å². The number of hydrogen-bond acceptors (Lipinski definition) is 5. The molecule has 0 aliphatic carbocycles. The van der Waals surface area contributed by atoms with Crippen molar-refractivity contribution in [2.24, 2.45) is 5.73 Å². The summed E-state index contributed by atoms with van der Waals surface area (Å²) in [5, 5.41) is 0.0942. The van der Waals surface area contributed by atoms with Crippen molar-refractivity contribution >= 4 is 14.2 Å². The minimum atomic E-state index is -1.99. The van der Waals surface area contributed by atoms with Crippen LogP contribution in [-0.2, 0) is 11.0 Å². The second-order valence-corrected chi connectivity index (χ2v) is 15.3. The van der Waals surface area contributed by atoms with Crippen LogP contribution < -0.4 is 15.2 Å². The minimum absolute atomic E-state index is 0.0185. The largest absolute Gasteiger partial charge is 0.497 e. The number of methoxy groups -OCH3 is 1. The Kier molecular flexibility index (Phi) is 8.97. The van der Waals surface area contributed by atoms with Crippen LogP contribution in [-0.4, -0.2) is 43.6 Å². The van der Waals surface area contributed by atoms with Gasteiger partial charge in [-0.25, -0.2) is 4.98 Å². The highest BCUT2D eigenvalue weighted by Crippen LogP contribution is 2.38. The average Bonchev–Trinajstić information content (AvgIpc) is 3.30. The van der Waals surface area contributed by atoms with Gasteiger partial charge in [0.15, 0.2) is 8.32 Å². The highest BCUT2D eigenvalue weighted by Gasteiger charge is 2.39. The molecule has 0 spiro atoms. The summed E-state index contributed by atoms with van der Waals surface area (Å²) in [6, 6.07) is 16.1. The maximum Gasteiger partial charge on any atom is 0.268 e. The van der Waals surface area contributed by atoms with E-state index in [1.807, 2.05) is 41.0 Å². The second kappa shape index (κ2) is 11.8. The van der Waals surface area contributed by atoms with Gasteiger partial charge in [0.2, 0.25) is 0 Å². The standard InChI is InChI=1S/C28H39N3O4Si/c1-28(2,3)36(5,6)35-25(18-31-19-26(27(29)32)30-20-31)11-8-16-34-24-10-7-9-22(17-24)21-12-14-23(33-4)15-13-21/h7,9-10,12-15,17,19-20,25H,8,11,16,18H2,1-6H3,(H2,29,32)/t25-/m0/s1. The number of nitrogens with two attached hydrogens (primary N) is 1. The zero-order valence-electron chi connectivity index (χ0n) is 22.3. The third-order valence-corrected chi connectivity index (χ3v) is 11.3. The Morgan fingerprint density at radius 3 is 2.42 bits per heavy atom. The van der Waals surface area contributed by atoms with Crippen LogP contribution in [0.2, 0.25) is 18.1 Å². The Bertz CT molecular complexity index is 1140. The van der Waals surface area contributed by atoms with E-state index in [0.29, 0.717) is 13.2 Å². The number of aromatic nitrogens is 2. The first-order valence-electron chi connectivity index (χ1n) is 12.4. The summed E-state index contributed by atoms with van der Waals surface area (Å²) in [4.78, 5) is 15.6. The molecule has 0 radical (unpaired) electrons. The summed E-state index contributed by atoms with van der Waals surface area (Å²) < 4.78 is 20.0. The monoisotopic (exact) mass is 509 g/mol. The van der Waals surface area contributed by atoms with Gasteiger partial charge in [-0.05, 0) is 66.4 Å². The minimum Gasteiger partial charge on any atom is -0.497 e. The zero-order valence-corrected chi connectivity index (χ0v) is 23.3. The number of rotatable bonds is 12. The number of primary amides is 1. The van der Waals surface area contributed by atoms with Crippen LogP contribution in [0.3, 0.4) is 0 Å². The van der Waals surface area contributed by atoms with Gasteiger partial charge in [0, 0.05) is 12.7 Å². The fourth-order valence-corrected chi connectivity index (χ4v) is 5.03. The van der Waals surface area contributed by atoms with E-state index in [1.54, 1.807) is 19.6 Å². The molecule has 1 atom stereocenters. The maximum atomic E-state index is 11.4. The SMILES string of the molecule is COc1ccc(-c2cccc(OCCC[C@@H](Cn3cnc(C(N)=O)c3)O[Si](C)(C)C(C)(C)C)c2)cc1. The first kappa shape index (κ1) is 27.5.